The molecule has 1 unspecified atom stereocenters. The average molecular weight is 207 g/mol. The van der Waals surface area contributed by atoms with Crippen molar-refractivity contribution in [1.82, 2.24) is 4.31 Å². The van der Waals surface area contributed by atoms with Crippen LogP contribution in [0.3, 0.4) is 0 Å². The van der Waals surface area contributed by atoms with Crippen molar-refractivity contribution in [3.63, 3.8) is 0 Å². The fraction of sp³-hybridized carbons (Fsp3) is 0.857. The van der Waals surface area contributed by atoms with Gasteiger partial charge in [-0.3, -0.25) is 4.79 Å². The second-order valence-corrected chi connectivity index (χ2v) is 5.78. The van der Waals surface area contributed by atoms with Crippen LogP contribution in [0.15, 0.2) is 0 Å². The van der Waals surface area contributed by atoms with Crippen molar-refractivity contribution in [2.24, 2.45) is 5.92 Å². The minimum atomic E-state index is -0.657. The first kappa shape index (κ1) is 10.1. The van der Waals surface area contributed by atoms with Crippen LogP contribution in [-0.4, -0.2) is 34.7 Å². The monoisotopic (exact) mass is 207 g/mol. The molecule has 0 aromatic heterocycles. The van der Waals surface area contributed by atoms with Crippen LogP contribution in [0.2, 0.25) is 0 Å². The van der Waals surface area contributed by atoms with Crippen molar-refractivity contribution >= 4 is 26.8 Å². The summed E-state index contributed by atoms with van der Waals surface area (Å²) in [6.45, 7) is 1.69. The van der Waals surface area contributed by atoms with E-state index in [9.17, 15) is 4.79 Å². The zero-order chi connectivity index (χ0) is 9.14. The molecule has 1 N–H and O–H groups in total. The molecule has 1 atom stereocenters. The van der Waals surface area contributed by atoms with E-state index in [0.717, 1.165) is 25.9 Å². The highest BCUT2D eigenvalue weighted by molar-refractivity contribution is 8.27. The van der Waals surface area contributed by atoms with E-state index in [-0.39, 0.29) is 15.6 Å². The molecule has 1 heterocycles. The molecule has 1 fully saturated rings. The molecule has 0 amide bonds. The Bertz CT molecular complexity index is 178. The second-order valence-electron chi connectivity index (χ2n) is 2.97. The Labute approximate surface area is 79.5 Å². The Hall–Kier alpha value is -0.000000000000000111. The number of hydrogen-bond acceptors (Lipinski definition) is 2. The minimum absolute atomic E-state index is 0.106. The molecular weight excluding hydrogens is 194 g/mol. The Balaban J connectivity index is 2.39. The van der Waals surface area contributed by atoms with Gasteiger partial charge in [0, 0.05) is 19.3 Å². The van der Waals surface area contributed by atoms with Gasteiger partial charge >= 0.3 is 5.97 Å². The van der Waals surface area contributed by atoms with Gasteiger partial charge in [-0.1, -0.05) is 9.64 Å². The van der Waals surface area contributed by atoms with Crippen LogP contribution >= 0.6 is 0 Å². The van der Waals surface area contributed by atoms with Crippen molar-refractivity contribution in [1.29, 1.82) is 0 Å². The zero-order valence-electron chi connectivity index (χ0n) is 7.02. The average Bonchev–Trinajstić information content (AvgIpc) is 2.04. The smallest absolute Gasteiger partial charge is 0.306 e. The molecule has 1 aliphatic heterocycles. The third-order valence-corrected chi connectivity index (χ3v) is 3.89. The predicted octanol–water partition coefficient (Wildman–Crippen LogP) is 0.408. The van der Waals surface area contributed by atoms with Gasteiger partial charge in [0.2, 0.25) is 0 Å². The summed E-state index contributed by atoms with van der Waals surface area (Å²) in [4.78, 5) is 10.6. The molecule has 1 rings (SSSR count). The minimum Gasteiger partial charge on any atom is -0.481 e. The van der Waals surface area contributed by atoms with E-state index in [1.165, 1.54) is 0 Å². The van der Waals surface area contributed by atoms with Crippen molar-refractivity contribution < 1.29 is 9.90 Å². The summed E-state index contributed by atoms with van der Waals surface area (Å²) >= 11 is 5.11. The lowest BCUT2D eigenvalue weighted by molar-refractivity contribution is -0.142. The lowest BCUT2D eigenvalue weighted by atomic mass is 9.99. The largest absolute Gasteiger partial charge is 0.481 e. The molecule has 0 aromatic rings. The first-order valence-corrected chi connectivity index (χ1v) is 6.44. The van der Waals surface area contributed by atoms with Crippen LogP contribution in [0.25, 0.3) is 0 Å². The summed E-state index contributed by atoms with van der Waals surface area (Å²) < 4.78 is 2.18. The Morgan fingerprint density at radius 3 is 2.42 bits per heavy atom. The standard InChI is InChI=1S/C7H13NO2S2/c1-12(11)8-4-2-6(3-5-8)7(9)10/h6H,2-5H2,1H3,(H,9,10). The summed E-state index contributed by atoms with van der Waals surface area (Å²) in [7, 11) is -0.106. The molecule has 0 spiro atoms. The van der Waals surface area contributed by atoms with E-state index in [1.807, 2.05) is 6.26 Å². The van der Waals surface area contributed by atoms with Crippen LogP contribution in [0, 0.1) is 5.92 Å². The first-order valence-electron chi connectivity index (χ1n) is 3.92. The van der Waals surface area contributed by atoms with Gasteiger partial charge in [-0.05, 0) is 24.0 Å². The number of hydrogen-bond donors (Lipinski definition) is 1. The third kappa shape index (κ3) is 2.50. The van der Waals surface area contributed by atoms with E-state index in [1.54, 1.807) is 0 Å². The number of carboxylic acids is 1. The summed E-state index contributed by atoms with van der Waals surface area (Å²) in [5.74, 6) is -0.796. The number of rotatable bonds is 2. The van der Waals surface area contributed by atoms with E-state index in [2.05, 4.69) is 4.31 Å². The fourth-order valence-corrected chi connectivity index (χ4v) is 2.53. The molecule has 3 nitrogen and oxygen atoms in total. The molecule has 1 aliphatic rings. The number of carboxylic acid groups (broad SMARTS) is 1. The van der Waals surface area contributed by atoms with Crippen molar-refractivity contribution in [3.8, 4) is 0 Å². The van der Waals surface area contributed by atoms with Crippen LogP contribution in [0.5, 0.6) is 0 Å². The van der Waals surface area contributed by atoms with Crippen molar-refractivity contribution in [2.45, 2.75) is 12.8 Å². The summed E-state index contributed by atoms with van der Waals surface area (Å²) in [6.07, 6.45) is 3.50. The molecule has 0 radical (unpaired) electrons. The molecule has 1 saturated heterocycles. The van der Waals surface area contributed by atoms with Crippen LogP contribution in [0.4, 0.5) is 0 Å². The number of aliphatic carboxylic acids is 1. The van der Waals surface area contributed by atoms with Crippen LogP contribution < -0.4 is 0 Å². The Morgan fingerprint density at radius 1 is 1.58 bits per heavy atom. The van der Waals surface area contributed by atoms with Gasteiger partial charge in [-0.25, -0.2) is 4.31 Å². The highest BCUT2D eigenvalue weighted by atomic mass is 32.8. The van der Waals surface area contributed by atoms with Gasteiger partial charge < -0.3 is 5.11 Å². The molecule has 12 heavy (non-hydrogen) atoms. The van der Waals surface area contributed by atoms with Gasteiger partial charge in [0.05, 0.1) is 5.92 Å². The maximum Gasteiger partial charge on any atom is 0.306 e. The highest BCUT2D eigenvalue weighted by Crippen LogP contribution is 2.17. The number of nitrogens with zero attached hydrogens (tertiary/aromatic N) is 1. The van der Waals surface area contributed by atoms with Gasteiger partial charge in [-0.15, -0.1) is 0 Å². The summed E-state index contributed by atoms with van der Waals surface area (Å²) in [5.41, 5.74) is 0. The van der Waals surface area contributed by atoms with Crippen LogP contribution in [0.1, 0.15) is 12.8 Å². The van der Waals surface area contributed by atoms with Gasteiger partial charge in [-0.2, -0.15) is 0 Å². The molecule has 5 heteroatoms. The lowest BCUT2D eigenvalue weighted by Crippen LogP contribution is -2.36. The Kier molecular flexibility index (Phi) is 3.61. The van der Waals surface area contributed by atoms with E-state index < -0.39 is 5.97 Å². The first-order chi connectivity index (χ1) is 5.61. The maximum atomic E-state index is 10.6. The highest BCUT2D eigenvalue weighted by Gasteiger charge is 2.24. The van der Waals surface area contributed by atoms with Gasteiger partial charge in [0.15, 0.2) is 0 Å². The summed E-state index contributed by atoms with van der Waals surface area (Å²) in [5, 5.41) is 8.72. The zero-order valence-corrected chi connectivity index (χ0v) is 8.66. The number of carbonyl (C=O) groups is 1. The topological polar surface area (TPSA) is 40.5 Å². The van der Waals surface area contributed by atoms with E-state index >= 15 is 0 Å². The van der Waals surface area contributed by atoms with Gasteiger partial charge in [0.1, 0.15) is 0 Å². The van der Waals surface area contributed by atoms with Gasteiger partial charge in [0.25, 0.3) is 0 Å². The van der Waals surface area contributed by atoms with Crippen LogP contribution in [-0.2, 0) is 25.6 Å². The molecule has 0 aliphatic carbocycles. The normalized spacial score (nSPS) is 23.8. The molecule has 0 aromatic carbocycles. The van der Waals surface area contributed by atoms with E-state index in [4.69, 9.17) is 16.3 Å². The second kappa shape index (κ2) is 4.30. The molecule has 0 bridgehead atoms. The molecular formula is C7H13NO2S2. The number of piperidine rings is 1. The van der Waals surface area contributed by atoms with Crippen molar-refractivity contribution in [2.75, 3.05) is 19.3 Å². The quantitative estimate of drug-likeness (QED) is 0.712. The van der Waals surface area contributed by atoms with Crippen molar-refractivity contribution in [3.05, 3.63) is 0 Å². The molecule has 0 saturated carbocycles. The van der Waals surface area contributed by atoms with E-state index in [0.29, 0.717) is 0 Å². The summed E-state index contributed by atoms with van der Waals surface area (Å²) in [6, 6.07) is 0. The third-order valence-electron chi connectivity index (χ3n) is 2.17. The maximum absolute atomic E-state index is 10.6. The predicted molar refractivity (Wildman–Crippen MR) is 52.6 cm³/mol. The Morgan fingerprint density at radius 2 is 2.08 bits per heavy atom. The molecule has 70 valence electrons. The fourth-order valence-electron chi connectivity index (χ4n) is 1.36. The SMILES string of the molecule is CS(=S)N1CCC(C(=O)O)CC1. The lowest BCUT2D eigenvalue weighted by Gasteiger charge is -2.29.